The van der Waals surface area contributed by atoms with Crippen LogP contribution in [-0.2, 0) is 4.79 Å². The Morgan fingerprint density at radius 2 is 1.90 bits per heavy atom. The van der Waals surface area contributed by atoms with E-state index in [9.17, 15) is 4.79 Å². The molecule has 0 aliphatic carbocycles. The molecule has 0 saturated heterocycles. The van der Waals surface area contributed by atoms with E-state index in [1.165, 1.54) is 14.6 Å². The van der Waals surface area contributed by atoms with Gasteiger partial charge in [-0.05, 0) is 38.1 Å². The third-order valence-electron chi connectivity index (χ3n) is 3.24. The Morgan fingerprint density at radius 1 is 1.19 bits per heavy atom. The number of amides is 1. The summed E-state index contributed by atoms with van der Waals surface area (Å²) < 4.78 is 0. The van der Waals surface area contributed by atoms with Gasteiger partial charge < -0.3 is 5.32 Å². The maximum absolute atomic E-state index is 12.2. The van der Waals surface area contributed by atoms with E-state index in [0.717, 1.165) is 5.75 Å². The topological polar surface area (TPSA) is 29.1 Å². The Labute approximate surface area is 135 Å². The van der Waals surface area contributed by atoms with Crippen molar-refractivity contribution in [2.75, 3.05) is 5.75 Å². The summed E-state index contributed by atoms with van der Waals surface area (Å²) in [5.74, 6) is 0.919. The molecule has 0 aliphatic rings. The predicted octanol–water partition coefficient (Wildman–Crippen LogP) is 4.66. The lowest BCUT2D eigenvalue weighted by Gasteiger charge is -2.16. The molecule has 2 nitrogen and oxygen atoms in total. The molecule has 4 heteroatoms. The average molecular weight is 319 g/mol. The molecule has 0 radical (unpaired) electrons. The largest absolute Gasteiger partial charge is 0.349 e. The highest BCUT2D eigenvalue weighted by Crippen LogP contribution is 2.24. The number of benzene rings is 1. The van der Waals surface area contributed by atoms with E-state index in [4.69, 9.17) is 0 Å². The van der Waals surface area contributed by atoms with Crippen molar-refractivity contribution >= 4 is 29.0 Å². The average Bonchev–Trinajstić information content (AvgIpc) is 2.92. The summed E-state index contributed by atoms with van der Waals surface area (Å²) in [5.41, 5.74) is 0. The van der Waals surface area contributed by atoms with Crippen molar-refractivity contribution < 1.29 is 4.79 Å². The SMILES string of the molecule is Cc1ccc(C(C)NC(=O)C(C)CSc2ccccc2)s1. The fourth-order valence-electron chi connectivity index (χ4n) is 1.93. The number of carbonyl (C=O) groups excluding carboxylic acids is 1. The lowest BCUT2D eigenvalue weighted by Crippen LogP contribution is -2.32. The highest BCUT2D eigenvalue weighted by molar-refractivity contribution is 7.99. The van der Waals surface area contributed by atoms with E-state index in [0.29, 0.717) is 0 Å². The number of thioether (sulfide) groups is 1. The molecule has 0 fully saturated rings. The van der Waals surface area contributed by atoms with Gasteiger partial charge in [-0.15, -0.1) is 23.1 Å². The zero-order valence-electron chi connectivity index (χ0n) is 12.6. The predicted molar refractivity (Wildman–Crippen MR) is 91.9 cm³/mol. The van der Waals surface area contributed by atoms with E-state index in [1.54, 1.807) is 23.1 Å². The monoisotopic (exact) mass is 319 g/mol. The van der Waals surface area contributed by atoms with E-state index in [1.807, 2.05) is 32.0 Å². The Morgan fingerprint density at radius 3 is 2.52 bits per heavy atom. The first kappa shape index (κ1) is 16.1. The molecule has 2 unspecified atom stereocenters. The highest BCUT2D eigenvalue weighted by Gasteiger charge is 2.17. The van der Waals surface area contributed by atoms with Crippen molar-refractivity contribution in [2.45, 2.75) is 31.7 Å². The lowest BCUT2D eigenvalue weighted by atomic mass is 10.2. The second kappa shape index (κ2) is 7.66. The molecule has 1 aromatic carbocycles. The molecule has 0 aliphatic heterocycles. The fraction of sp³-hybridized carbons (Fsp3) is 0.353. The minimum Gasteiger partial charge on any atom is -0.349 e. The first-order valence-corrected chi connectivity index (χ1v) is 8.91. The summed E-state index contributed by atoms with van der Waals surface area (Å²) in [6.45, 7) is 6.11. The summed E-state index contributed by atoms with van der Waals surface area (Å²) in [7, 11) is 0. The van der Waals surface area contributed by atoms with Gasteiger partial charge in [-0.2, -0.15) is 0 Å². The highest BCUT2D eigenvalue weighted by atomic mass is 32.2. The zero-order valence-corrected chi connectivity index (χ0v) is 14.3. The Balaban J connectivity index is 1.82. The summed E-state index contributed by atoms with van der Waals surface area (Å²) in [4.78, 5) is 15.9. The molecular formula is C17H21NOS2. The van der Waals surface area contributed by atoms with Crippen molar-refractivity contribution in [1.82, 2.24) is 5.32 Å². The summed E-state index contributed by atoms with van der Waals surface area (Å²) in [6.07, 6.45) is 0. The normalized spacial score (nSPS) is 13.7. The van der Waals surface area contributed by atoms with Gasteiger partial charge in [0, 0.05) is 26.3 Å². The van der Waals surface area contributed by atoms with Gasteiger partial charge in [0.2, 0.25) is 5.91 Å². The third-order valence-corrected chi connectivity index (χ3v) is 5.69. The van der Waals surface area contributed by atoms with Crippen molar-refractivity contribution in [3.05, 3.63) is 52.2 Å². The Hall–Kier alpha value is -1.26. The summed E-state index contributed by atoms with van der Waals surface area (Å²) in [5, 5.41) is 3.10. The lowest BCUT2D eigenvalue weighted by molar-refractivity contribution is -0.124. The quantitative estimate of drug-likeness (QED) is 0.784. The van der Waals surface area contributed by atoms with E-state index >= 15 is 0 Å². The van der Waals surface area contributed by atoms with Crippen LogP contribution in [0.2, 0.25) is 0 Å². The molecule has 0 bridgehead atoms. The van der Waals surface area contributed by atoms with Crippen LogP contribution < -0.4 is 5.32 Å². The van der Waals surface area contributed by atoms with Gasteiger partial charge in [0.1, 0.15) is 0 Å². The van der Waals surface area contributed by atoms with Crippen molar-refractivity contribution in [2.24, 2.45) is 5.92 Å². The molecule has 1 aromatic heterocycles. The molecule has 112 valence electrons. The molecular weight excluding hydrogens is 298 g/mol. The Kier molecular flexibility index (Phi) is 5.88. The van der Waals surface area contributed by atoms with Crippen LogP contribution in [0, 0.1) is 12.8 Å². The van der Waals surface area contributed by atoms with Crippen LogP contribution in [0.4, 0.5) is 0 Å². The van der Waals surface area contributed by atoms with E-state index in [2.05, 4.69) is 36.5 Å². The van der Waals surface area contributed by atoms with Crippen LogP contribution >= 0.6 is 23.1 Å². The molecule has 2 aromatic rings. The van der Waals surface area contributed by atoms with Gasteiger partial charge >= 0.3 is 0 Å². The van der Waals surface area contributed by atoms with Gasteiger partial charge in [-0.3, -0.25) is 4.79 Å². The van der Waals surface area contributed by atoms with Gasteiger partial charge in [-0.1, -0.05) is 25.1 Å². The minimum atomic E-state index is -0.00119. The molecule has 1 N–H and O–H groups in total. The number of hydrogen-bond acceptors (Lipinski definition) is 3. The van der Waals surface area contributed by atoms with Crippen LogP contribution in [-0.4, -0.2) is 11.7 Å². The van der Waals surface area contributed by atoms with Crippen LogP contribution in [0.5, 0.6) is 0 Å². The standard InChI is InChI=1S/C17H21NOS2/c1-12(11-20-15-7-5-4-6-8-15)17(19)18-14(3)16-10-9-13(2)21-16/h4-10,12,14H,11H2,1-3H3,(H,18,19). The molecule has 2 rings (SSSR count). The van der Waals surface area contributed by atoms with Gasteiger partial charge in [0.05, 0.1) is 6.04 Å². The van der Waals surface area contributed by atoms with Crippen LogP contribution in [0.3, 0.4) is 0 Å². The molecule has 0 spiro atoms. The molecule has 21 heavy (non-hydrogen) atoms. The summed E-state index contributed by atoms with van der Waals surface area (Å²) in [6, 6.07) is 14.5. The van der Waals surface area contributed by atoms with Gasteiger partial charge in [-0.25, -0.2) is 0 Å². The molecule has 0 saturated carbocycles. The van der Waals surface area contributed by atoms with E-state index < -0.39 is 0 Å². The first-order valence-electron chi connectivity index (χ1n) is 7.11. The summed E-state index contributed by atoms with van der Waals surface area (Å²) >= 11 is 3.47. The van der Waals surface area contributed by atoms with Crippen molar-refractivity contribution in [1.29, 1.82) is 0 Å². The third kappa shape index (κ3) is 4.90. The number of hydrogen-bond donors (Lipinski definition) is 1. The molecule has 1 amide bonds. The molecule has 2 atom stereocenters. The zero-order chi connectivity index (χ0) is 15.2. The van der Waals surface area contributed by atoms with Gasteiger partial charge in [0.15, 0.2) is 0 Å². The maximum atomic E-state index is 12.2. The van der Waals surface area contributed by atoms with E-state index in [-0.39, 0.29) is 17.9 Å². The second-order valence-corrected chi connectivity index (χ2v) is 7.62. The Bertz CT molecular complexity index is 579. The van der Waals surface area contributed by atoms with Crippen LogP contribution in [0.1, 0.15) is 29.6 Å². The van der Waals surface area contributed by atoms with Crippen molar-refractivity contribution in [3.8, 4) is 0 Å². The number of aryl methyl sites for hydroxylation is 1. The maximum Gasteiger partial charge on any atom is 0.224 e. The number of rotatable bonds is 6. The number of thiophene rings is 1. The van der Waals surface area contributed by atoms with Crippen molar-refractivity contribution in [3.63, 3.8) is 0 Å². The first-order chi connectivity index (χ1) is 10.1. The van der Waals surface area contributed by atoms with Crippen LogP contribution in [0.15, 0.2) is 47.4 Å². The smallest absolute Gasteiger partial charge is 0.224 e. The van der Waals surface area contributed by atoms with Crippen LogP contribution in [0.25, 0.3) is 0 Å². The fourth-order valence-corrected chi connectivity index (χ4v) is 3.75. The van der Waals surface area contributed by atoms with Gasteiger partial charge in [0.25, 0.3) is 0 Å². The number of carbonyl (C=O) groups is 1. The minimum absolute atomic E-state index is 0.00119. The molecule has 1 heterocycles. The number of nitrogens with one attached hydrogen (secondary N) is 1. The second-order valence-electron chi connectivity index (χ2n) is 5.20.